The smallest absolute Gasteiger partial charge is 0.308 e. The van der Waals surface area contributed by atoms with Crippen LogP contribution in [0, 0.1) is 5.92 Å². The number of thioether (sulfide) groups is 1. The van der Waals surface area contributed by atoms with E-state index in [1.54, 1.807) is 6.92 Å². The summed E-state index contributed by atoms with van der Waals surface area (Å²) in [5.41, 5.74) is 2.41. The Balaban J connectivity index is 2.00. The quantitative estimate of drug-likeness (QED) is 0.864. The Morgan fingerprint density at radius 3 is 3.18 bits per heavy atom. The van der Waals surface area contributed by atoms with Gasteiger partial charge in [-0.1, -0.05) is 6.92 Å². The maximum atomic E-state index is 10.7. The van der Waals surface area contributed by atoms with Gasteiger partial charge in [0.1, 0.15) is 0 Å². The Bertz CT molecular complexity index is 420. The molecule has 1 unspecified atom stereocenters. The third kappa shape index (κ3) is 3.16. The summed E-state index contributed by atoms with van der Waals surface area (Å²) in [5, 5.41) is 12.0. The van der Waals surface area contributed by atoms with Crippen molar-refractivity contribution in [3.8, 4) is 0 Å². The molecule has 0 radical (unpaired) electrons. The lowest BCUT2D eigenvalue weighted by atomic mass is 10.1. The van der Waals surface area contributed by atoms with Crippen LogP contribution in [0.15, 0.2) is 23.1 Å². The van der Waals surface area contributed by atoms with E-state index in [1.807, 2.05) is 17.8 Å². The second kappa shape index (κ2) is 5.45. The zero-order chi connectivity index (χ0) is 12.3. The van der Waals surface area contributed by atoms with Crippen molar-refractivity contribution in [3.63, 3.8) is 0 Å². The summed E-state index contributed by atoms with van der Waals surface area (Å²) in [5.74, 6) is 0.0851. The summed E-state index contributed by atoms with van der Waals surface area (Å²) in [4.78, 5) is 12.1. The molecule has 17 heavy (non-hydrogen) atoms. The van der Waals surface area contributed by atoms with Gasteiger partial charge < -0.3 is 10.4 Å². The van der Waals surface area contributed by atoms with Crippen molar-refractivity contribution in [2.45, 2.75) is 24.7 Å². The lowest BCUT2D eigenvalue weighted by molar-refractivity contribution is -0.140. The molecule has 3 nitrogen and oxygen atoms in total. The van der Waals surface area contributed by atoms with E-state index in [0.29, 0.717) is 6.54 Å². The van der Waals surface area contributed by atoms with E-state index >= 15 is 0 Å². The highest BCUT2D eigenvalue weighted by Crippen LogP contribution is 2.31. The molecule has 1 heterocycles. The van der Waals surface area contributed by atoms with Crippen molar-refractivity contribution < 1.29 is 9.90 Å². The van der Waals surface area contributed by atoms with Crippen LogP contribution in [-0.4, -0.2) is 23.4 Å². The van der Waals surface area contributed by atoms with Crippen molar-refractivity contribution >= 4 is 23.4 Å². The van der Waals surface area contributed by atoms with Crippen molar-refractivity contribution in [2.24, 2.45) is 5.92 Å². The van der Waals surface area contributed by atoms with E-state index in [2.05, 4.69) is 17.4 Å². The maximum Gasteiger partial charge on any atom is 0.308 e. The molecule has 1 aromatic carbocycles. The summed E-state index contributed by atoms with van der Waals surface area (Å²) in [6, 6.07) is 6.31. The second-order valence-electron chi connectivity index (χ2n) is 4.39. The first-order valence-electron chi connectivity index (χ1n) is 5.89. The second-order valence-corrected chi connectivity index (χ2v) is 5.53. The Hall–Kier alpha value is -1.16. The lowest BCUT2D eigenvalue weighted by Crippen LogP contribution is -2.19. The zero-order valence-electron chi connectivity index (χ0n) is 9.90. The number of nitrogens with one attached hydrogen (secondary N) is 1. The molecule has 2 N–H and O–H groups in total. The minimum atomic E-state index is -0.758. The number of anilines is 1. The van der Waals surface area contributed by atoms with E-state index in [4.69, 9.17) is 5.11 Å². The highest BCUT2D eigenvalue weighted by atomic mass is 32.2. The van der Waals surface area contributed by atoms with Gasteiger partial charge in [-0.25, -0.2) is 0 Å². The molecule has 2 rings (SSSR count). The number of aliphatic carboxylic acids is 1. The molecule has 0 saturated heterocycles. The van der Waals surface area contributed by atoms with Crippen LogP contribution < -0.4 is 5.32 Å². The van der Waals surface area contributed by atoms with Crippen LogP contribution in [0.5, 0.6) is 0 Å². The maximum absolute atomic E-state index is 10.7. The number of hydrogen-bond donors (Lipinski definition) is 2. The fraction of sp³-hybridized carbons (Fsp3) is 0.462. The van der Waals surface area contributed by atoms with Crippen molar-refractivity contribution in [1.82, 2.24) is 0 Å². The van der Waals surface area contributed by atoms with E-state index < -0.39 is 5.97 Å². The highest BCUT2D eigenvalue weighted by molar-refractivity contribution is 7.99. The van der Waals surface area contributed by atoms with Crippen LogP contribution in [0.4, 0.5) is 5.69 Å². The summed E-state index contributed by atoms with van der Waals surface area (Å²) in [7, 11) is 0. The monoisotopic (exact) mass is 251 g/mol. The number of carbonyl (C=O) groups is 1. The first kappa shape index (κ1) is 12.3. The predicted octanol–water partition coefficient (Wildman–Crippen LogP) is 2.86. The van der Waals surface area contributed by atoms with E-state index in [9.17, 15) is 4.79 Å². The molecular formula is C13H17NO2S. The fourth-order valence-corrected chi connectivity index (χ4v) is 2.85. The van der Waals surface area contributed by atoms with Gasteiger partial charge >= 0.3 is 5.97 Å². The van der Waals surface area contributed by atoms with Crippen LogP contribution in [0.2, 0.25) is 0 Å². The zero-order valence-corrected chi connectivity index (χ0v) is 10.7. The Kier molecular flexibility index (Phi) is 3.94. The van der Waals surface area contributed by atoms with E-state index in [0.717, 1.165) is 12.1 Å². The summed E-state index contributed by atoms with van der Waals surface area (Å²) < 4.78 is 0. The largest absolute Gasteiger partial charge is 0.481 e. The SMILES string of the molecule is CC(CNc1ccc2c(c1)CCCS2)C(=O)O. The predicted molar refractivity (Wildman–Crippen MR) is 70.8 cm³/mol. The van der Waals surface area contributed by atoms with Crippen LogP contribution in [0.25, 0.3) is 0 Å². The summed E-state index contributed by atoms with van der Waals surface area (Å²) in [6.45, 7) is 2.19. The van der Waals surface area contributed by atoms with Gasteiger partial charge in [-0.15, -0.1) is 11.8 Å². The highest BCUT2D eigenvalue weighted by Gasteiger charge is 2.12. The molecule has 0 aliphatic carbocycles. The summed E-state index contributed by atoms with van der Waals surface area (Å²) in [6.07, 6.45) is 2.36. The van der Waals surface area contributed by atoms with Crippen LogP contribution in [0.1, 0.15) is 18.9 Å². The van der Waals surface area contributed by atoms with Gasteiger partial charge in [0, 0.05) is 17.1 Å². The minimum absolute atomic E-state index is 0.361. The normalized spacial score (nSPS) is 16.1. The molecule has 0 amide bonds. The summed E-state index contributed by atoms with van der Waals surface area (Å²) >= 11 is 1.90. The third-order valence-corrected chi connectivity index (χ3v) is 4.14. The number of fused-ring (bicyclic) bond motifs is 1. The first-order valence-corrected chi connectivity index (χ1v) is 6.88. The molecule has 0 bridgehead atoms. The van der Waals surface area contributed by atoms with Gasteiger partial charge in [0.05, 0.1) is 5.92 Å². The number of hydrogen-bond acceptors (Lipinski definition) is 3. The standard InChI is InChI=1S/C13H17NO2S/c1-9(13(15)16)8-14-11-4-5-12-10(7-11)3-2-6-17-12/h4-5,7,9,14H,2-3,6,8H2,1H3,(H,15,16). The van der Waals surface area contributed by atoms with Crippen LogP contribution >= 0.6 is 11.8 Å². The van der Waals surface area contributed by atoms with Gasteiger partial charge in [-0.3, -0.25) is 4.79 Å². The molecule has 1 atom stereocenters. The average molecular weight is 251 g/mol. The number of rotatable bonds is 4. The van der Waals surface area contributed by atoms with Crippen LogP contribution in [0.3, 0.4) is 0 Å². The van der Waals surface area contributed by atoms with E-state index in [-0.39, 0.29) is 5.92 Å². The Morgan fingerprint density at radius 2 is 2.41 bits per heavy atom. The number of carboxylic acids is 1. The van der Waals surface area contributed by atoms with Crippen molar-refractivity contribution in [3.05, 3.63) is 23.8 Å². The van der Waals surface area contributed by atoms with Crippen molar-refractivity contribution in [1.29, 1.82) is 0 Å². The molecule has 0 aromatic heterocycles. The first-order chi connectivity index (χ1) is 8.16. The van der Waals surface area contributed by atoms with Crippen molar-refractivity contribution in [2.75, 3.05) is 17.6 Å². The number of aryl methyl sites for hydroxylation is 1. The van der Waals surface area contributed by atoms with E-state index in [1.165, 1.54) is 22.6 Å². The molecule has 0 saturated carbocycles. The van der Waals surface area contributed by atoms with Gasteiger partial charge in [-0.2, -0.15) is 0 Å². The number of carboxylic acid groups (broad SMARTS) is 1. The molecule has 0 spiro atoms. The minimum Gasteiger partial charge on any atom is -0.481 e. The molecule has 1 aliphatic heterocycles. The van der Waals surface area contributed by atoms with Crippen LogP contribution in [-0.2, 0) is 11.2 Å². The van der Waals surface area contributed by atoms with Gasteiger partial charge in [-0.05, 0) is 42.4 Å². The molecule has 1 aromatic rings. The molecular weight excluding hydrogens is 234 g/mol. The van der Waals surface area contributed by atoms with Gasteiger partial charge in [0.2, 0.25) is 0 Å². The van der Waals surface area contributed by atoms with Gasteiger partial charge in [0.15, 0.2) is 0 Å². The third-order valence-electron chi connectivity index (χ3n) is 2.94. The average Bonchev–Trinajstić information content (AvgIpc) is 2.35. The Morgan fingerprint density at radius 1 is 1.59 bits per heavy atom. The lowest BCUT2D eigenvalue weighted by Gasteiger charge is -2.17. The molecule has 1 aliphatic rings. The fourth-order valence-electron chi connectivity index (χ4n) is 1.83. The molecule has 0 fully saturated rings. The topological polar surface area (TPSA) is 49.3 Å². The van der Waals surface area contributed by atoms with Gasteiger partial charge in [0.25, 0.3) is 0 Å². The molecule has 4 heteroatoms. The Labute approximate surface area is 106 Å². The number of benzene rings is 1. The molecule has 92 valence electrons.